The van der Waals surface area contributed by atoms with E-state index in [2.05, 4.69) is 13.2 Å². The normalized spacial score (nSPS) is 28.2. The molecular formula is C35H64N2O13Si3. The van der Waals surface area contributed by atoms with Crippen LogP contribution >= 0.6 is 0 Å². The fraction of sp³-hybridized carbons (Fsp3) is 0.771. The summed E-state index contributed by atoms with van der Waals surface area (Å²) in [7, 11) is 7.10. The summed E-state index contributed by atoms with van der Waals surface area (Å²) in [5.41, 5.74) is 0. The number of allylic oxidation sites excluding steroid dienone is 2. The van der Waals surface area contributed by atoms with E-state index in [1.165, 1.54) is 9.80 Å². The van der Waals surface area contributed by atoms with Gasteiger partial charge in [-0.05, 0) is 63.2 Å². The maximum atomic E-state index is 13.0. The van der Waals surface area contributed by atoms with E-state index in [0.717, 1.165) is 25.7 Å². The van der Waals surface area contributed by atoms with Crippen LogP contribution in [0.1, 0.15) is 39.5 Å². The number of carbonyl (C=O) groups is 4. The van der Waals surface area contributed by atoms with Gasteiger partial charge in [-0.3, -0.25) is 29.0 Å². The predicted octanol–water partition coefficient (Wildman–Crippen LogP) is 3.04. The maximum absolute atomic E-state index is 13.0. The summed E-state index contributed by atoms with van der Waals surface area (Å²) in [5.74, 6) is -0.664. The van der Waals surface area contributed by atoms with E-state index in [0.29, 0.717) is 25.2 Å². The zero-order chi connectivity index (χ0) is 40.1. The number of hydrogen-bond donors (Lipinski definition) is 0. The van der Waals surface area contributed by atoms with Gasteiger partial charge in [-0.15, -0.1) is 13.2 Å². The van der Waals surface area contributed by atoms with Gasteiger partial charge in [0.2, 0.25) is 23.6 Å². The molecule has 0 N–H and O–H groups in total. The lowest BCUT2D eigenvalue weighted by Gasteiger charge is -2.27. The Labute approximate surface area is 320 Å². The Balaban J connectivity index is 0.000000349. The largest absolute Gasteiger partial charge is 0.500 e. The summed E-state index contributed by atoms with van der Waals surface area (Å²) >= 11 is 0. The highest BCUT2D eigenvalue weighted by Gasteiger charge is 2.59. The maximum Gasteiger partial charge on any atom is 0.500 e. The van der Waals surface area contributed by atoms with Crippen LogP contribution in [0.3, 0.4) is 0 Å². The van der Waals surface area contributed by atoms with Crippen molar-refractivity contribution in [2.24, 2.45) is 47.3 Å². The Kier molecular flexibility index (Phi) is 19.6. The average Bonchev–Trinajstić information content (AvgIpc) is 3.89. The predicted molar refractivity (Wildman–Crippen MR) is 203 cm³/mol. The van der Waals surface area contributed by atoms with Crippen LogP contribution in [-0.4, -0.2) is 138 Å². The van der Waals surface area contributed by atoms with Crippen molar-refractivity contribution in [1.29, 1.82) is 0 Å². The van der Waals surface area contributed by atoms with E-state index in [4.69, 9.17) is 39.8 Å². The molecule has 0 aromatic heterocycles. The van der Waals surface area contributed by atoms with Crippen LogP contribution in [0.15, 0.2) is 25.3 Å². The number of likely N-dealkylation sites (tertiary alicyclic amines) is 2. The minimum absolute atomic E-state index is 0.0215. The minimum Gasteiger partial charge on any atom is -0.379 e. The van der Waals surface area contributed by atoms with E-state index in [-0.39, 0.29) is 71.0 Å². The van der Waals surface area contributed by atoms with Crippen LogP contribution < -0.4 is 0 Å². The van der Waals surface area contributed by atoms with Crippen molar-refractivity contribution in [3.8, 4) is 0 Å². The summed E-state index contributed by atoms with van der Waals surface area (Å²) in [4.78, 5) is 53.0. The molecule has 4 amide bonds. The molecule has 2 aliphatic carbocycles. The van der Waals surface area contributed by atoms with Crippen molar-refractivity contribution < 1.29 is 59.0 Å². The number of hydrogen-bond acceptors (Lipinski definition) is 13. The van der Waals surface area contributed by atoms with Crippen LogP contribution in [0.2, 0.25) is 12.1 Å². The lowest BCUT2D eigenvalue weighted by Crippen LogP contribution is -2.43. The molecule has 53 heavy (non-hydrogen) atoms. The number of rotatable bonds is 19. The highest BCUT2D eigenvalue weighted by atomic mass is 28.4. The van der Waals surface area contributed by atoms with Crippen molar-refractivity contribution in [2.75, 3.05) is 77.1 Å². The summed E-state index contributed by atoms with van der Waals surface area (Å²) in [6, 6.07) is 1.22. The number of nitrogens with zero attached hydrogens (tertiary/aromatic N) is 2. The van der Waals surface area contributed by atoms with Crippen molar-refractivity contribution in [3.05, 3.63) is 25.3 Å². The van der Waals surface area contributed by atoms with Crippen molar-refractivity contribution >= 4 is 50.8 Å². The van der Waals surface area contributed by atoms with Gasteiger partial charge in [0.05, 0.1) is 23.7 Å². The molecule has 4 rings (SSSR count). The monoisotopic (exact) mass is 804 g/mol. The Hall–Kier alpha value is -1.95. The number of fused-ring (bicyclic) bond motifs is 2. The molecular weight excluding hydrogens is 741 g/mol. The summed E-state index contributed by atoms with van der Waals surface area (Å²) in [6.45, 7) is 12.1. The first-order chi connectivity index (χ1) is 25.3. The van der Waals surface area contributed by atoms with Gasteiger partial charge in [-0.2, -0.15) is 0 Å². The van der Waals surface area contributed by atoms with E-state index in [1.807, 2.05) is 26.0 Å². The topological polar surface area (TPSA) is 158 Å². The van der Waals surface area contributed by atoms with Crippen LogP contribution in [0.25, 0.3) is 0 Å². The number of imide groups is 2. The van der Waals surface area contributed by atoms with Crippen LogP contribution in [-0.2, 0) is 59.0 Å². The molecule has 8 unspecified atom stereocenters. The third-order valence-electron chi connectivity index (χ3n) is 11.4. The molecule has 4 fully saturated rings. The highest BCUT2D eigenvalue weighted by molar-refractivity contribution is 6.60. The first-order valence-electron chi connectivity index (χ1n) is 18.2. The van der Waals surface area contributed by atoms with Gasteiger partial charge in [0.25, 0.3) is 0 Å². The molecule has 4 aliphatic rings. The van der Waals surface area contributed by atoms with Crippen LogP contribution in [0, 0.1) is 47.3 Å². The lowest BCUT2D eigenvalue weighted by atomic mass is 9.87. The molecule has 2 aliphatic heterocycles. The fourth-order valence-corrected chi connectivity index (χ4v) is 12.8. The van der Waals surface area contributed by atoms with Crippen molar-refractivity contribution in [1.82, 2.24) is 9.80 Å². The Morgan fingerprint density at radius 2 is 0.868 bits per heavy atom. The Morgan fingerprint density at radius 1 is 0.566 bits per heavy atom. The summed E-state index contributed by atoms with van der Waals surface area (Å²) < 4.78 is 47.5. The second-order valence-electron chi connectivity index (χ2n) is 13.4. The highest BCUT2D eigenvalue weighted by Crippen LogP contribution is 2.52. The SMILES string of the molecule is C=CC1CC(C=C)C2C(=O)N(CC)C(=O)C12.CCN1C(=O)C2C(CC[Si](OC)(OC)OC)CC(CC[Si](OC)(OC)OC)C2C1=O.CO[SiH](OC)OC. The molecule has 0 aromatic carbocycles. The average molecular weight is 805 g/mol. The van der Waals surface area contributed by atoms with Crippen LogP contribution in [0.5, 0.6) is 0 Å². The second kappa shape index (κ2) is 22.0. The zero-order valence-corrected chi connectivity index (χ0v) is 36.8. The molecule has 2 saturated carbocycles. The second-order valence-corrected chi connectivity index (χ2v) is 21.6. The molecule has 0 bridgehead atoms. The van der Waals surface area contributed by atoms with Gasteiger partial charge in [0.1, 0.15) is 0 Å². The third kappa shape index (κ3) is 10.3. The van der Waals surface area contributed by atoms with E-state index in [1.54, 1.807) is 64.0 Å². The number of amides is 4. The van der Waals surface area contributed by atoms with Gasteiger partial charge in [0.15, 0.2) is 0 Å². The molecule has 15 nitrogen and oxygen atoms in total. The quantitative estimate of drug-likeness (QED) is 0.107. The summed E-state index contributed by atoms with van der Waals surface area (Å²) in [6.07, 6.45) is 6.69. The van der Waals surface area contributed by atoms with Gasteiger partial charge in [-0.1, -0.05) is 12.2 Å². The van der Waals surface area contributed by atoms with Crippen molar-refractivity contribution in [2.45, 2.75) is 51.6 Å². The molecule has 18 heteroatoms. The molecule has 0 aromatic rings. The van der Waals surface area contributed by atoms with Gasteiger partial charge in [-0.25, -0.2) is 0 Å². The fourth-order valence-electron chi connectivity index (χ4n) is 8.56. The minimum atomic E-state index is -2.74. The van der Waals surface area contributed by atoms with Gasteiger partial charge < -0.3 is 39.8 Å². The van der Waals surface area contributed by atoms with E-state index >= 15 is 0 Å². The summed E-state index contributed by atoms with van der Waals surface area (Å²) in [5, 5.41) is 0. The molecule has 8 atom stereocenters. The zero-order valence-electron chi connectivity index (χ0n) is 33.6. The van der Waals surface area contributed by atoms with Crippen molar-refractivity contribution in [3.63, 3.8) is 0 Å². The van der Waals surface area contributed by atoms with E-state index in [9.17, 15) is 19.2 Å². The molecule has 2 saturated heterocycles. The first-order valence-corrected chi connectivity index (χ1v) is 23.4. The lowest BCUT2D eigenvalue weighted by molar-refractivity contribution is -0.142. The standard InChI is InChI=1S/C19H37NO8Si2.C13H17NO2.C3H10O3Si/c1-8-20-18(21)16-14(9-11-29(23-2,24-3)25-4)13-15(17(16)19(20)22)10-12-30(26-5,27-6)28-7;1-4-8-7-9(5-2)11-10(8)12(15)14(6-3)13(11)16;1-4-7(5-2)6-3/h14-17H,8-13H2,1-7H3;4-5,8-11H,1-2,6-7H2,3H3;7H,1-3H3. The van der Waals surface area contributed by atoms with E-state index < -0.39 is 27.1 Å². The van der Waals surface area contributed by atoms with Gasteiger partial charge in [0, 0.05) is 89.2 Å². The molecule has 304 valence electrons. The van der Waals surface area contributed by atoms with Gasteiger partial charge >= 0.3 is 27.1 Å². The number of carbonyl (C=O) groups excluding carboxylic acids is 4. The third-order valence-corrected chi connectivity index (χ3v) is 18.1. The Bertz CT molecular complexity index is 1130. The Morgan fingerprint density at radius 3 is 1.09 bits per heavy atom. The molecule has 2 heterocycles. The molecule has 0 spiro atoms. The smallest absolute Gasteiger partial charge is 0.379 e. The first kappa shape index (κ1) is 47.2. The van der Waals surface area contributed by atoms with Crippen LogP contribution in [0.4, 0.5) is 0 Å². The molecule has 0 radical (unpaired) electrons.